The minimum Gasteiger partial charge on any atom is -0.347 e. The highest BCUT2D eigenvalue weighted by molar-refractivity contribution is 7.89. The van der Waals surface area contributed by atoms with Gasteiger partial charge in [-0.3, -0.25) is 14.6 Å². The van der Waals surface area contributed by atoms with Gasteiger partial charge in [0.2, 0.25) is 21.8 Å². The fraction of sp³-hybridized carbons (Fsp3) is 0.316. The van der Waals surface area contributed by atoms with Crippen molar-refractivity contribution in [3.63, 3.8) is 0 Å². The molecule has 154 valence electrons. The van der Waals surface area contributed by atoms with E-state index in [4.69, 9.17) is 0 Å². The summed E-state index contributed by atoms with van der Waals surface area (Å²) in [6.45, 7) is 0.0226. The van der Waals surface area contributed by atoms with Gasteiger partial charge in [-0.25, -0.2) is 12.8 Å². The summed E-state index contributed by atoms with van der Waals surface area (Å²) in [5, 5.41) is 5.18. The highest BCUT2D eigenvalue weighted by Gasteiger charge is 2.33. The molecule has 29 heavy (non-hydrogen) atoms. The lowest BCUT2D eigenvalue weighted by Crippen LogP contribution is -2.44. The first kappa shape index (κ1) is 20.9. The zero-order valence-electron chi connectivity index (χ0n) is 15.5. The van der Waals surface area contributed by atoms with Crippen LogP contribution in [0.4, 0.5) is 10.1 Å². The van der Waals surface area contributed by atoms with E-state index in [9.17, 15) is 22.4 Å². The summed E-state index contributed by atoms with van der Waals surface area (Å²) in [6.07, 6.45) is 3.66. The lowest BCUT2D eigenvalue weighted by molar-refractivity contribution is -0.128. The molecule has 2 amide bonds. The maximum Gasteiger partial charge on any atom is 0.245 e. The molecule has 2 N–H and O–H groups in total. The van der Waals surface area contributed by atoms with Gasteiger partial charge < -0.3 is 10.6 Å². The van der Waals surface area contributed by atoms with Crippen LogP contribution in [0, 0.1) is 11.7 Å². The molecule has 0 atom stereocenters. The van der Waals surface area contributed by atoms with Gasteiger partial charge in [-0.15, -0.1) is 0 Å². The number of sulfonamides is 1. The molecule has 2 heterocycles. The Morgan fingerprint density at radius 3 is 2.52 bits per heavy atom. The van der Waals surface area contributed by atoms with Crippen LogP contribution < -0.4 is 10.6 Å². The van der Waals surface area contributed by atoms with Gasteiger partial charge in [-0.1, -0.05) is 12.1 Å². The highest BCUT2D eigenvalue weighted by atomic mass is 32.2. The SMILES string of the molecule is O=C(CNC(=O)C1CCN(S(=O)(=O)c2ccccc2F)CC1)Nc1cccnc1. The average Bonchev–Trinajstić information content (AvgIpc) is 2.73. The third-order valence-electron chi connectivity index (χ3n) is 4.65. The second-order valence-electron chi connectivity index (χ2n) is 6.62. The largest absolute Gasteiger partial charge is 0.347 e. The van der Waals surface area contributed by atoms with Crippen molar-refractivity contribution in [2.75, 3.05) is 25.0 Å². The second kappa shape index (κ2) is 9.10. The van der Waals surface area contributed by atoms with Crippen LogP contribution in [0.5, 0.6) is 0 Å². The molecule has 0 spiro atoms. The van der Waals surface area contributed by atoms with Crippen molar-refractivity contribution in [3.05, 3.63) is 54.6 Å². The summed E-state index contributed by atoms with van der Waals surface area (Å²) in [4.78, 5) is 27.7. The molecule has 1 fully saturated rings. The van der Waals surface area contributed by atoms with Gasteiger partial charge >= 0.3 is 0 Å². The molecule has 1 saturated heterocycles. The van der Waals surface area contributed by atoms with Crippen LogP contribution in [-0.2, 0) is 19.6 Å². The number of rotatable bonds is 6. The van der Waals surface area contributed by atoms with Crippen molar-refractivity contribution in [2.24, 2.45) is 5.92 Å². The van der Waals surface area contributed by atoms with Crippen molar-refractivity contribution >= 4 is 27.5 Å². The van der Waals surface area contributed by atoms with E-state index in [1.807, 2.05) is 0 Å². The molecule has 1 aromatic heterocycles. The molecule has 0 saturated carbocycles. The van der Waals surface area contributed by atoms with Gasteiger partial charge in [-0.2, -0.15) is 4.31 Å². The fourth-order valence-corrected chi connectivity index (χ4v) is 4.64. The van der Waals surface area contributed by atoms with E-state index < -0.39 is 21.8 Å². The van der Waals surface area contributed by atoms with E-state index in [-0.39, 0.29) is 36.3 Å². The van der Waals surface area contributed by atoms with Gasteiger partial charge in [-0.05, 0) is 37.1 Å². The van der Waals surface area contributed by atoms with Crippen molar-refractivity contribution in [2.45, 2.75) is 17.7 Å². The molecule has 0 bridgehead atoms. The number of benzene rings is 1. The van der Waals surface area contributed by atoms with Crippen LogP contribution in [0.3, 0.4) is 0 Å². The second-order valence-corrected chi connectivity index (χ2v) is 8.52. The van der Waals surface area contributed by atoms with Gasteiger partial charge in [0.25, 0.3) is 0 Å². The Hall–Kier alpha value is -2.85. The predicted octanol–water partition coefficient (Wildman–Crippen LogP) is 1.38. The Morgan fingerprint density at radius 2 is 1.86 bits per heavy atom. The maximum absolute atomic E-state index is 13.9. The summed E-state index contributed by atoms with van der Waals surface area (Å²) in [5.41, 5.74) is 0.526. The van der Waals surface area contributed by atoms with E-state index in [2.05, 4.69) is 15.6 Å². The number of carbonyl (C=O) groups excluding carboxylic acids is 2. The zero-order chi connectivity index (χ0) is 20.9. The number of nitrogens with one attached hydrogen (secondary N) is 2. The summed E-state index contributed by atoms with van der Waals surface area (Å²) < 4.78 is 40.3. The van der Waals surface area contributed by atoms with Gasteiger partial charge in [0, 0.05) is 25.2 Å². The predicted molar refractivity (Wildman–Crippen MR) is 104 cm³/mol. The van der Waals surface area contributed by atoms with Gasteiger partial charge in [0.05, 0.1) is 18.4 Å². The van der Waals surface area contributed by atoms with Crippen LogP contribution in [0.2, 0.25) is 0 Å². The molecule has 8 nitrogen and oxygen atoms in total. The van der Waals surface area contributed by atoms with Crippen molar-refractivity contribution in [1.29, 1.82) is 0 Å². The van der Waals surface area contributed by atoms with Crippen LogP contribution in [0.25, 0.3) is 0 Å². The molecule has 0 aliphatic carbocycles. The van der Waals surface area contributed by atoms with E-state index >= 15 is 0 Å². The minimum atomic E-state index is -3.95. The molecule has 0 radical (unpaired) electrons. The molecule has 1 aliphatic rings. The Morgan fingerprint density at radius 1 is 1.14 bits per heavy atom. The molecule has 0 unspecified atom stereocenters. The number of anilines is 1. The van der Waals surface area contributed by atoms with Crippen molar-refractivity contribution in [1.82, 2.24) is 14.6 Å². The Labute approximate surface area is 168 Å². The zero-order valence-corrected chi connectivity index (χ0v) is 16.4. The number of aromatic nitrogens is 1. The summed E-state index contributed by atoms with van der Waals surface area (Å²) >= 11 is 0. The van der Waals surface area contributed by atoms with E-state index in [0.717, 1.165) is 6.07 Å². The van der Waals surface area contributed by atoms with Crippen LogP contribution in [0.15, 0.2) is 53.7 Å². The van der Waals surface area contributed by atoms with Crippen LogP contribution >= 0.6 is 0 Å². The molecule has 10 heteroatoms. The van der Waals surface area contributed by atoms with Gasteiger partial charge in [0.15, 0.2) is 0 Å². The van der Waals surface area contributed by atoms with E-state index in [0.29, 0.717) is 18.5 Å². The number of carbonyl (C=O) groups is 2. The molecule has 2 aromatic rings. The fourth-order valence-electron chi connectivity index (χ4n) is 3.10. The summed E-state index contributed by atoms with van der Waals surface area (Å²) in [6, 6.07) is 8.58. The number of hydrogen-bond acceptors (Lipinski definition) is 5. The quantitative estimate of drug-likeness (QED) is 0.734. The summed E-state index contributed by atoms with van der Waals surface area (Å²) in [7, 11) is -3.95. The minimum absolute atomic E-state index is 0.108. The molecule has 3 rings (SSSR count). The number of amides is 2. The Kier molecular flexibility index (Phi) is 6.55. The number of pyridine rings is 1. The lowest BCUT2D eigenvalue weighted by Gasteiger charge is -2.30. The van der Waals surface area contributed by atoms with Crippen LogP contribution in [-0.4, -0.2) is 49.2 Å². The Balaban J connectivity index is 1.49. The monoisotopic (exact) mass is 420 g/mol. The molecular weight excluding hydrogens is 399 g/mol. The van der Waals surface area contributed by atoms with Crippen molar-refractivity contribution < 1.29 is 22.4 Å². The normalized spacial score (nSPS) is 15.6. The first-order valence-corrected chi connectivity index (χ1v) is 10.5. The molecular formula is C19H21FN4O4S. The molecule has 1 aromatic carbocycles. The number of hydrogen-bond donors (Lipinski definition) is 2. The van der Waals surface area contributed by atoms with E-state index in [1.165, 1.54) is 28.7 Å². The summed E-state index contributed by atoms with van der Waals surface area (Å²) in [5.74, 6) is -1.90. The topological polar surface area (TPSA) is 108 Å². The average molecular weight is 420 g/mol. The third-order valence-corrected chi connectivity index (χ3v) is 6.58. The molecule has 1 aliphatic heterocycles. The third kappa shape index (κ3) is 5.15. The number of piperidine rings is 1. The van der Waals surface area contributed by atoms with Gasteiger partial charge in [0.1, 0.15) is 10.7 Å². The Bertz CT molecular complexity index is 977. The maximum atomic E-state index is 13.9. The first-order valence-electron chi connectivity index (χ1n) is 9.10. The van der Waals surface area contributed by atoms with Crippen molar-refractivity contribution in [3.8, 4) is 0 Å². The number of nitrogens with zero attached hydrogens (tertiary/aromatic N) is 2. The lowest BCUT2D eigenvalue weighted by atomic mass is 9.97. The van der Waals surface area contributed by atoms with Crippen LogP contribution in [0.1, 0.15) is 12.8 Å². The van der Waals surface area contributed by atoms with E-state index in [1.54, 1.807) is 18.3 Å². The first-order chi connectivity index (χ1) is 13.9. The number of halogens is 1. The highest BCUT2D eigenvalue weighted by Crippen LogP contribution is 2.25. The smallest absolute Gasteiger partial charge is 0.245 e. The standard InChI is InChI=1S/C19H21FN4O4S/c20-16-5-1-2-6-17(16)29(27,28)24-10-7-14(8-11-24)19(26)22-13-18(25)23-15-4-3-9-21-12-15/h1-6,9,12,14H,7-8,10-11,13H2,(H,22,26)(H,23,25).